The van der Waals surface area contributed by atoms with Crippen molar-refractivity contribution >= 4 is 5.91 Å². The van der Waals surface area contributed by atoms with E-state index in [-0.39, 0.29) is 18.0 Å². The summed E-state index contributed by atoms with van der Waals surface area (Å²) in [7, 11) is 0. The van der Waals surface area contributed by atoms with Gasteiger partial charge >= 0.3 is 0 Å². The van der Waals surface area contributed by atoms with Gasteiger partial charge in [0.15, 0.2) is 0 Å². The summed E-state index contributed by atoms with van der Waals surface area (Å²) >= 11 is 0. The SMILES string of the molecule is CCCNC(=O)C(C)NC(C)c1ccc(CCC)cc1. The standard InChI is InChI=1S/C17H28N2O/c1-5-7-15-8-10-16(11-9-15)13(3)19-14(4)17(20)18-12-6-2/h8-11,13-14,19H,5-7,12H2,1-4H3,(H,18,20). The van der Waals surface area contributed by atoms with Crippen LogP contribution in [0.4, 0.5) is 0 Å². The molecule has 0 saturated heterocycles. The third-order valence-electron chi connectivity index (χ3n) is 3.46. The highest BCUT2D eigenvalue weighted by Crippen LogP contribution is 2.15. The second-order valence-electron chi connectivity index (χ2n) is 5.39. The summed E-state index contributed by atoms with van der Waals surface area (Å²) in [5.74, 6) is 0.0707. The molecule has 2 unspecified atom stereocenters. The van der Waals surface area contributed by atoms with Crippen LogP contribution in [-0.2, 0) is 11.2 Å². The summed E-state index contributed by atoms with van der Waals surface area (Å²) in [6.45, 7) is 8.99. The van der Waals surface area contributed by atoms with E-state index in [1.54, 1.807) is 0 Å². The topological polar surface area (TPSA) is 41.1 Å². The highest BCUT2D eigenvalue weighted by molar-refractivity contribution is 5.81. The Labute approximate surface area is 123 Å². The molecular formula is C17H28N2O. The van der Waals surface area contributed by atoms with Gasteiger partial charge in [-0.3, -0.25) is 10.1 Å². The monoisotopic (exact) mass is 276 g/mol. The fourth-order valence-corrected chi connectivity index (χ4v) is 2.21. The third kappa shape index (κ3) is 5.33. The lowest BCUT2D eigenvalue weighted by molar-refractivity contribution is -0.122. The Morgan fingerprint density at radius 2 is 1.75 bits per heavy atom. The number of rotatable bonds is 8. The van der Waals surface area contributed by atoms with Crippen molar-refractivity contribution in [2.75, 3.05) is 6.54 Å². The van der Waals surface area contributed by atoms with Crippen molar-refractivity contribution in [1.29, 1.82) is 0 Å². The zero-order valence-corrected chi connectivity index (χ0v) is 13.2. The van der Waals surface area contributed by atoms with Crippen LogP contribution in [0.2, 0.25) is 0 Å². The van der Waals surface area contributed by atoms with Crippen molar-refractivity contribution < 1.29 is 4.79 Å². The van der Waals surface area contributed by atoms with Crippen molar-refractivity contribution in [1.82, 2.24) is 10.6 Å². The van der Waals surface area contributed by atoms with E-state index in [2.05, 4.69) is 55.7 Å². The van der Waals surface area contributed by atoms with Gasteiger partial charge in [-0.2, -0.15) is 0 Å². The first-order valence-electron chi connectivity index (χ1n) is 7.71. The quantitative estimate of drug-likeness (QED) is 0.765. The summed E-state index contributed by atoms with van der Waals surface area (Å²) in [5, 5.41) is 6.26. The molecule has 3 nitrogen and oxygen atoms in total. The lowest BCUT2D eigenvalue weighted by atomic mass is 10.0. The molecule has 112 valence electrons. The summed E-state index contributed by atoms with van der Waals surface area (Å²) in [5.41, 5.74) is 2.59. The Balaban J connectivity index is 2.52. The Hall–Kier alpha value is -1.35. The maximum Gasteiger partial charge on any atom is 0.236 e. The van der Waals surface area contributed by atoms with Gasteiger partial charge < -0.3 is 5.32 Å². The van der Waals surface area contributed by atoms with Crippen molar-refractivity contribution in [3.8, 4) is 0 Å². The Kier molecular flexibility index (Phi) is 7.31. The number of benzene rings is 1. The molecule has 0 bridgehead atoms. The third-order valence-corrected chi connectivity index (χ3v) is 3.46. The minimum Gasteiger partial charge on any atom is -0.355 e. The Morgan fingerprint density at radius 3 is 2.30 bits per heavy atom. The highest BCUT2D eigenvalue weighted by Gasteiger charge is 2.15. The fourth-order valence-electron chi connectivity index (χ4n) is 2.21. The number of carbonyl (C=O) groups is 1. The van der Waals surface area contributed by atoms with E-state index in [4.69, 9.17) is 0 Å². The molecule has 1 amide bonds. The van der Waals surface area contributed by atoms with E-state index in [1.807, 2.05) is 6.92 Å². The van der Waals surface area contributed by atoms with E-state index in [0.717, 1.165) is 19.4 Å². The average Bonchev–Trinajstić information content (AvgIpc) is 2.45. The second-order valence-corrected chi connectivity index (χ2v) is 5.39. The first-order valence-corrected chi connectivity index (χ1v) is 7.71. The van der Waals surface area contributed by atoms with Crippen LogP contribution < -0.4 is 10.6 Å². The van der Waals surface area contributed by atoms with Crippen LogP contribution in [0, 0.1) is 0 Å². The first-order chi connectivity index (χ1) is 9.58. The molecule has 0 aliphatic heterocycles. The molecule has 0 saturated carbocycles. The lowest BCUT2D eigenvalue weighted by Crippen LogP contribution is -2.43. The molecule has 2 N–H and O–H groups in total. The lowest BCUT2D eigenvalue weighted by Gasteiger charge is -2.20. The van der Waals surface area contributed by atoms with E-state index in [1.165, 1.54) is 17.5 Å². The van der Waals surface area contributed by atoms with Gasteiger partial charge in [-0.1, -0.05) is 44.5 Å². The minimum absolute atomic E-state index is 0.0707. The molecule has 1 aromatic rings. The number of hydrogen-bond acceptors (Lipinski definition) is 2. The van der Waals surface area contributed by atoms with Gasteiger partial charge in [0.05, 0.1) is 6.04 Å². The van der Waals surface area contributed by atoms with E-state index >= 15 is 0 Å². The normalized spacial score (nSPS) is 13.8. The van der Waals surface area contributed by atoms with E-state index in [0.29, 0.717) is 0 Å². The largest absolute Gasteiger partial charge is 0.355 e. The zero-order valence-electron chi connectivity index (χ0n) is 13.2. The number of nitrogens with one attached hydrogen (secondary N) is 2. The summed E-state index contributed by atoms with van der Waals surface area (Å²) in [6.07, 6.45) is 3.26. The van der Waals surface area contributed by atoms with E-state index < -0.39 is 0 Å². The van der Waals surface area contributed by atoms with Gasteiger partial charge in [0.2, 0.25) is 5.91 Å². The molecule has 20 heavy (non-hydrogen) atoms. The van der Waals surface area contributed by atoms with Crippen molar-refractivity contribution in [3.63, 3.8) is 0 Å². The molecule has 0 radical (unpaired) electrons. The summed E-state index contributed by atoms with van der Waals surface area (Å²) < 4.78 is 0. The predicted octanol–water partition coefficient (Wildman–Crippen LogP) is 3.20. The summed E-state index contributed by atoms with van der Waals surface area (Å²) in [6, 6.07) is 8.66. The Bertz CT molecular complexity index is 400. The van der Waals surface area contributed by atoms with Crippen LogP contribution in [-0.4, -0.2) is 18.5 Å². The van der Waals surface area contributed by atoms with Gasteiger partial charge in [-0.15, -0.1) is 0 Å². The van der Waals surface area contributed by atoms with Gasteiger partial charge in [0.1, 0.15) is 0 Å². The van der Waals surface area contributed by atoms with Crippen LogP contribution in [0.1, 0.15) is 57.7 Å². The molecule has 0 aliphatic rings. The smallest absolute Gasteiger partial charge is 0.236 e. The van der Waals surface area contributed by atoms with E-state index in [9.17, 15) is 4.79 Å². The average molecular weight is 276 g/mol. The van der Waals surface area contributed by atoms with Crippen molar-refractivity contribution in [3.05, 3.63) is 35.4 Å². The van der Waals surface area contributed by atoms with Crippen molar-refractivity contribution in [2.45, 2.75) is 59.0 Å². The zero-order chi connectivity index (χ0) is 15.0. The maximum absolute atomic E-state index is 11.8. The molecule has 0 aromatic heterocycles. The molecule has 2 atom stereocenters. The second kappa shape index (κ2) is 8.75. The number of carbonyl (C=O) groups excluding carboxylic acids is 1. The fraction of sp³-hybridized carbons (Fsp3) is 0.588. The van der Waals surface area contributed by atoms with Crippen LogP contribution >= 0.6 is 0 Å². The predicted molar refractivity (Wildman–Crippen MR) is 84.8 cm³/mol. The molecular weight excluding hydrogens is 248 g/mol. The van der Waals surface area contributed by atoms with Gasteiger partial charge in [-0.25, -0.2) is 0 Å². The molecule has 3 heteroatoms. The van der Waals surface area contributed by atoms with Crippen LogP contribution in [0.3, 0.4) is 0 Å². The van der Waals surface area contributed by atoms with Gasteiger partial charge in [0.25, 0.3) is 0 Å². The van der Waals surface area contributed by atoms with Gasteiger partial charge in [-0.05, 0) is 37.8 Å². The number of hydrogen-bond donors (Lipinski definition) is 2. The van der Waals surface area contributed by atoms with Crippen LogP contribution in [0.25, 0.3) is 0 Å². The Morgan fingerprint density at radius 1 is 1.10 bits per heavy atom. The minimum atomic E-state index is -0.174. The number of amides is 1. The maximum atomic E-state index is 11.8. The molecule has 0 fully saturated rings. The highest BCUT2D eigenvalue weighted by atomic mass is 16.2. The molecule has 0 spiro atoms. The van der Waals surface area contributed by atoms with Gasteiger partial charge in [0, 0.05) is 12.6 Å². The van der Waals surface area contributed by atoms with Crippen LogP contribution in [0.5, 0.6) is 0 Å². The van der Waals surface area contributed by atoms with Crippen LogP contribution in [0.15, 0.2) is 24.3 Å². The molecule has 1 aromatic carbocycles. The molecule has 0 heterocycles. The summed E-state index contributed by atoms with van der Waals surface area (Å²) in [4.78, 5) is 11.8. The van der Waals surface area contributed by atoms with Crippen molar-refractivity contribution in [2.24, 2.45) is 0 Å². The number of aryl methyl sites for hydroxylation is 1. The molecule has 1 rings (SSSR count). The first kappa shape index (κ1) is 16.7. The molecule has 0 aliphatic carbocycles.